The number of sulfonamides is 1. The predicted octanol–water partition coefficient (Wildman–Crippen LogP) is 0.659. The second kappa shape index (κ2) is 9.45. The van der Waals surface area contributed by atoms with Crippen LogP contribution in [0.15, 0.2) is 59.6 Å². The summed E-state index contributed by atoms with van der Waals surface area (Å²) >= 11 is 0. The van der Waals surface area contributed by atoms with Gasteiger partial charge in [0.05, 0.1) is 11.4 Å². The largest absolute Gasteiger partial charge is 0.349 e. The molecule has 1 aliphatic heterocycles. The third kappa shape index (κ3) is 4.78. The first-order valence-corrected chi connectivity index (χ1v) is 11.8. The van der Waals surface area contributed by atoms with Gasteiger partial charge < -0.3 is 10.2 Å². The number of fused-ring (bicyclic) bond motifs is 1. The Morgan fingerprint density at radius 1 is 0.906 bits per heavy atom. The van der Waals surface area contributed by atoms with Gasteiger partial charge >= 0.3 is 0 Å². The number of carbonyl (C=O) groups excluding carboxylic acids is 2. The van der Waals surface area contributed by atoms with Crippen LogP contribution in [0.25, 0.3) is 5.65 Å². The van der Waals surface area contributed by atoms with Crippen molar-refractivity contribution in [2.45, 2.75) is 24.3 Å². The summed E-state index contributed by atoms with van der Waals surface area (Å²) in [6.45, 7) is 1.29. The third-order valence-electron chi connectivity index (χ3n) is 5.37. The highest BCUT2D eigenvalue weighted by Gasteiger charge is 2.29. The van der Waals surface area contributed by atoms with Crippen LogP contribution in [-0.2, 0) is 26.2 Å². The second-order valence-corrected chi connectivity index (χ2v) is 9.36. The summed E-state index contributed by atoms with van der Waals surface area (Å²) in [7, 11) is -3.56. The van der Waals surface area contributed by atoms with E-state index in [1.54, 1.807) is 39.6 Å². The zero-order valence-electron chi connectivity index (χ0n) is 17.4. The van der Waals surface area contributed by atoms with Crippen LogP contribution in [0.3, 0.4) is 0 Å². The molecule has 1 aromatic carbocycles. The van der Waals surface area contributed by atoms with Crippen molar-refractivity contribution < 1.29 is 18.0 Å². The molecule has 168 valence electrons. The first-order valence-electron chi connectivity index (χ1n) is 10.3. The Morgan fingerprint density at radius 3 is 2.38 bits per heavy atom. The minimum absolute atomic E-state index is 0.0537. The Morgan fingerprint density at radius 2 is 1.62 bits per heavy atom. The zero-order chi connectivity index (χ0) is 22.6. The van der Waals surface area contributed by atoms with Gasteiger partial charge in [-0.05, 0) is 24.3 Å². The monoisotopic (exact) mass is 456 g/mol. The summed E-state index contributed by atoms with van der Waals surface area (Å²) in [5, 5.41) is 10.8. The van der Waals surface area contributed by atoms with Crippen LogP contribution < -0.4 is 5.32 Å². The van der Waals surface area contributed by atoms with Gasteiger partial charge in [0.1, 0.15) is 0 Å². The fourth-order valence-electron chi connectivity index (χ4n) is 3.58. The molecule has 10 nitrogen and oxygen atoms in total. The highest BCUT2D eigenvalue weighted by molar-refractivity contribution is 7.89. The average molecular weight is 457 g/mol. The van der Waals surface area contributed by atoms with Crippen molar-refractivity contribution in [3.8, 4) is 0 Å². The molecule has 32 heavy (non-hydrogen) atoms. The first kappa shape index (κ1) is 21.9. The van der Waals surface area contributed by atoms with Crippen molar-refractivity contribution in [3.63, 3.8) is 0 Å². The summed E-state index contributed by atoms with van der Waals surface area (Å²) in [6, 6.07) is 13.8. The lowest BCUT2D eigenvalue weighted by Gasteiger charge is -2.34. The minimum atomic E-state index is -3.56. The van der Waals surface area contributed by atoms with Gasteiger partial charge in [-0.15, -0.1) is 10.2 Å². The number of nitrogens with zero attached hydrogens (tertiary/aromatic N) is 5. The first-order chi connectivity index (χ1) is 15.4. The highest BCUT2D eigenvalue weighted by atomic mass is 32.2. The molecule has 0 unspecified atom stereocenters. The molecular weight excluding hydrogens is 432 g/mol. The van der Waals surface area contributed by atoms with Gasteiger partial charge in [-0.1, -0.05) is 24.3 Å². The van der Waals surface area contributed by atoms with Crippen molar-refractivity contribution in [2.24, 2.45) is 0 Å². The lowest BCUT2D eigenvalue weighted by Crippen LogP contribution is -2.50. The molecule has 4 rings (SSSR count). The van der Waals surface area contributed by atoms with Gasteiger partial charge in [-0.2, -0.15) is 4.31 Å². The molecule has 0 spiro atoms. The van der Waals surface area contributed by atoms with Crippen LogP contribution in [0.2, 0.25) is 0 Å². The number of aromatic nitrogens is 3. The van der Waals surface area contributed by atoms with Gasteiger partial charge in [0.15, 0.2) is 11.5 Å². The molecule has 3 heterocycles. The molecule has 1 fully saturated rings. The fourth-order valence-corrected chi connectivity index (χ4v) is 5.02. The molecule has 3 aromatic rings. The number of hydrogen-bond donors (Lipinski definition) is 1. The van der Waals surface area contributed by atoms with Crippen molar-refractivity contribution in [1.82, 2.24) is 29.1 Å². The van der Waals surface area contributed by atoms with Crippen LogP contribution in [0, 0.1) is 0 Å². The van der Waals surface area contributed by atoms with E-state index in [1.165, 1.54) is 4.31 Å². The molecule has 1 N–H and O–H groups in total. The number of carbonyl (C=O) groups is 2. The van der Waals surface area contributed by atoms with Crippen molar-refractivity contribution in [1.29, 1.82) is 0 Å². The van der Waals surface area contributed by atoms with Crippen LogP contribution in [0.5, 0.6) is 0 Å². The number of rotatable bonds is 7. The van der Waals surface area contributed by atoms with E-state index in [2.05, 4.69) is 15.5 Å². The number of hydrogen-bond acceptors (Lipinski definition) is 6. The highest BCUT2D eigenvalue weighted by Crippen LogP contribution is 2.17. The van der Waals surface area contributed by atoms with Gasteiger partial charge in [0.2, 0.25) is 21.8 Å². The number of amides is 2. The van der Waals surface area contributed by atoms with Crippen LogP contribution >= 0.6 is 0 Å². The SMILES string of the molecule is O=C(CCC(=O)N1CCN(S(=O)(=O)c2ccccc2)CC1)NCc1nnc2ccccn12. The predicted molar refractivity (Wildman–Crippen MR) is 116 cm³/mol. The van der Waals surface area contributed by atoms with Gasteiger partial charge in [0, 0.05) is 45.2 Å². The average Bonchev–Trinajstić information content (AvgIpc) is 3.25. The maximum absolute atomic E-state index is 12.7. The molecule has 11 heteroatoms. The zero-order valence-corrected chi connectivity index (χ0v) is 18.2. The molecule has 0 bridgehead atoms. The summed E-state index contributed by atoms with van der Waals surface area (Å²) in [5.41, 5.74) is 0.695. The van der Waals surface area contributed by atoms with E-state index in [0.717, 1.165) is 0 Å². The van der Waals surface area contributed by atoms with E-state index in [-0.39, 0.29) is 49.2 Å². The van der Waals surface area contributed by atoms with Gasteiger partial charge in [0.25, 0.3) is 0 Å². The van der Waals surface area contributed by atoms with Crippen LogP contribution in [0.1, 0.15) is 18.7 Å². The molecule has 2 aromatic heterocycles. The number of pyridine rings is 1. The van der Waals surface area contributed by atoms with Gasteiger partial charge in [-0.25, -0.2) is 8.42 Å². The number of benzene rings is 1. The number of nitrogens with one attached hydrogen (secondary N) is 1. The normalized spacial score (nSPS) is 15.1. The third-order valence-corrected chi connectivity index (χ3v) is 7.28. The Hall–Kier alpha value is -3.31. The molecule has 1 saturated heterocycles. The smallest absolute Gasteiger partial charge is 0.243 e. The quantitative estimate of drug-likeness (QED) is 0.558. The lowest BCUT2D eigenvalue weighted by molar-refractivity contribution is -0.134. The second-order valence-electron chi connectivity index (χ2n) is 7.42. The molecule has 0 atom stereocenters. The molecule has 0 aliphatic carbocycles. The van der Waals surface area contributed by atoms with E-state index < -0.39 is 10.0 Å². The Balaban J connectivity index is 1.22. The van der Waals surface area contributed by atoms with Crippen LogP contribution in [-0.4, -0.2) is 70.2 Å². The molecular formula is C21H24N6O4S. The summed E-state index contributed by atoms with van der Waals surface area (Å²) in [5.74, 6) is 0.192. The summed E-state index contributed by atoms with van der Waals surface area (Å²) in [4.78, 5) is 26.5. The van der Waals surface area contributed by atoms with Crippen molar-refractivity contribution >= 4 is 27.5 Å². The Labute approximate surface area is 185 Å². The van der Waals surface area contributed by atoms with E-state index in [9.17, 15) is 18.0 Å². The molecule has 2 amide bonds. The maximum Gasteiger partial charge on any atom is 0.243 e. The minimum Gasteiger partial charge on any atom is -0.349 e. The summed E-state index contributed by atoms with van der Waals surface area (Å²) in [6.07, 6.45) is 1.94. The maximum atomic E-state index is 12.7. The Bertz CT molecular complexity index is 1200. The van der Waals surface area contributed by atoms with Crippen molar-refractivity contribution in [3.05, 3.63) is 60.6 Å². The van der Waals surface area contributed by atoms with Crippen molar-refractivity contribution in [2.75, 3.05) is 26.2 Å². The van der Waals surface area contributed by atoms with E-state index in [1.807, 2.05) is 24.4 Å². The van der Waals surface area contributed by atoms with E-state index >= 15 is 0 Å². The molecule has 0 radical (unpaired) electrons. The fraction of sp³-hybridized carbons (Fsp3) is 0.333. The topological polar surface area (TPSA) is 117 Å². The summed E-state index contributed by atoms with van der Waals surface area (Å²) < 4.78 is 28.6. The molecule has 0 saturated carbocycles. The van der Waals surface area contributed by atoms with E-state index in [4.69, 9.17) is 0 Å². The van der Waals surface area contributed by atoms with E-state index in [0.29, 0.717) is 24.6 Å². The number of piperazine rings is 1. The molecule has 1 aliphatic rings. The Kier molecular flexibility index (Phi) is 6.47. The lowest BCUT2D eigenvalue weighted by atomic mass is 10.2. The van der Waals surface area contributed by atoms with Gasteiger partial charge in [-0.3, -0.25) is 14.0 Å². The standard InChI is InChI=1S/C21H24N6O4S/c28-20(22-16-19-24-23-18-8-4-5-11-27(18)19)9-10-21(29)25-12-14-26(15-13-25)32(30,31)17-6-2-1-3-7-17/h1-8,11H,9-10,12-16H2,(H,22,28). The van der Waals surface area contributed by atoms with Crippen LogP contribution in [0.4, 0.5) is 0 Å².